The molecule has 6 heteroatoms. The second-order valence-corrected chi connectivity index (χ2v) is 7.82. The Morgan fingerprint density at radius 2 is 1.64 bits per heavy atom. The number of esters is 1. The molecule has 0 bridgehead atoms. The standard InChI is InChI=1S/C27H22N2O4/c1-32-23(30)16-33-26-19-11-6-5-10-18(19)14-22-25(26)24-20(27(28)31)12-7-13-21(24)29(22)15-17-8-3-2-4-9-17/h2-14H,15-16H2,1H3,(H2,28,31). The van der Waals surface area contributed by atoms with Crippen molar-refractivity contribution in [2.45, 2.75) is 6.54 Å². The van der Waals surface area contributed by atoms with Crippen LogP contribution in [0.4, 0.5) is 0 Å². The van der Waals surface area contributed by atoms with E-state index < -0.39 is 11.9 Å². The first kappa shape index (κ1) is 20.6. The van der Waals surface area contributed by atoms with E-state index in [1.165, 1.54) is 7.11 Å². The van der Waals surface area contributed by atoms with Crippen LogP contribution in [-0.4, -0.2) is 30.2 Å². The second kappa shape index (κ2) is 8.31. The van der Waals surface area contributed by atoms with Crippen LogP contribution in [-0.2, 0) is 16.1 Å². The minimum absolute atomic E-state index is 0.246. The maximum absolute atomic E-state index is 12.4. The Morgan fingerprint density at radius 3 is 2.39 bits per heavy atom. The van der Waals surface area contributed by atoms with Crippen LogP contribution >= 0.6 is 0 Å². The first-order chi connectivity index (χ1) is 16.1. The lowest BCUT2D eigenvalue weighted by Gasteiger charge is -2.12. The topological polar surface area (TPSA) is 83.6 Å². The third kappa shape index (κ3) is 3.55. The van der Waals surface area contributed by atoms with Crippen molar-refractivity contribution in [2.75, 3.05) is 13.7 Å². The predicted molar refractivity (Wildman–Crippen MR) is 129 cm³/mol. The molecule has 6 nitrogen and oxygen atoms in total. The average Bonchev–Trinajstić information content (AvgIpc) is 3.15. The lowest BCUT2D eigenvalue weighted by Crippen LogP contribution is -2.13. The summed E-state index contributed by atoms with van der Waals surface area (Å²) in [7, 11) is 1.32. The summed E-state index contributed by atoms with van der Waals surface area (Å²) in [6.07, 6.45) is 0. The Kier molecular flexibility index (Phi) is 5.18. The summed E-state index contributed by atoms with van der Waals surface area (Å²) in [6, 6.07) is 25.5. The van der Waals surface area contributed by atoms with Gasteiger partial charge in [-0.3, -0.25) is 4.79 Å². The van der Waals surface area contributed by atoms with Gasteiger partial charge in [-0.15, -0.1) is 0 Å². The molecule has 1 amide bonds. The lowest BCUT2D eigenvalue weighted by atomic mass is 10.0. The van der Waals surface area contributed by atoms with Crippen LogP contribution in [0.1, 0.15) is 15.9 Å². The molecule has 5 rings (SSSR count). The zero-order valence-corrected chi connectivity index (χ0v) is 18.1. The molecule has 1 aromatic heterocycles. The van der Waals surface area contributed by atoms with Crippen LogP contribution in [0.2, 0.25) is 0 Å². The maximum atomic E-state index is 12.4. The molecule has 1 heterocycles. The van der Waals surface area contributed by atoms with Crippen LogP contribution in [0.3, 0.4) is 0 Å². The number of rotatable bonds is 6. The molecule has 5 aromatic rings. The van der Waals surface area contributed by atoms with Crippen molar-refractivity contribution in [3.05, 3.63) is 90.0 Å². The molecule has 0 spiro atoms. The Labute approximate surface area is 190 Å². The highest BCUT2D eigenvalue weighted by Crippen LogP contribution is 2.42. The predicted octanol–water partition coefficient (Wildman–Crippen LogP) is 4.65. The number of methoxy groups -OCH3 is 1. The number of nitrogens with two attached hydrogens (primary N) is 1. The van der Waals surface area contributed by atoms with Crippen LogP contribution < -0.4 is 10.5 Å². The number of nitrogens with zero attached hydrogens (tertiary/aromatic N) is 1. The average molecular weight is 438 g/mol. The van der Waals surface area contributed by atoms with Gasteiger partial charge in [0.25, 0.3) is 0 Å². The van der Waals surface area contributed by atoms with Gasteiger partial charge in [-0.25, -0.2) is 4.79 Å². The van der Waals surface area contributed by atoms with Gasteiger partial charge in [-0.05, 0) is 29.1 Å². The summed E-state index contributed by atoms with van der Waals surface area (Å²) in [5, 5.41) is 3.26. The molecular weight excluding hydrogens is 416 g/mol. The molecule has 0 unspecified atom stereocenters. The zero-order valence-electron chi connectivity index (χ0n) is 18.1. The molecular formula is C27H22N2O4. The van der Waals surface area contributed by atoms with Crippen LogP contribution in [0.5, 0.6) is 5.75 Å². The van der Waals surface area contributed by atoms with Gasteiger partial charge < -0.3 is 19.8 Å². The molecule has 0 fully saturated rings. The first-order valence-electron chi connectivity index (χ1n) is 10.6. The van der Waals surface area contributed by atoms with Crippen molar-refractivity contribution in [3.8, 4) is 5.75 Å². The van der Waals surface area contributed by atoms with Crippen LogP contribution in [0.25, 0.3) is 32.6 Å². The fraction of sp³-hybridized carbons (Fsp3) is 0.111. The van der Waals surface area contributed by atoms with Crippen molar-refractivity contribution >= 4 is 44.5 Å². The minimum Gasteiger partial charge on any atom is -0.481 e. The van der Waals surface area contributed by atoms with Gasteiger partial charge in [0, 0.05) is 22.9 Å². The van der Waals surface area contributed by atoms with E-state index in [9.17, 15) is 9.59 Å². The molecule has 2 N–H and O–H groups in total. The van der Waals surface area contributed by atoms with Crippen molar-refractivity contribution in [3.63, 3.8) is 0 Å². The van der Waals surface area contributed by atoms with Crippen molar-refractivity contribution in [1.29, 1.82) is 0 Å². The van der Waals surface area contributed by atoms with E-state index in [1.54, 1.807) is 6.07 Å². The summed E-state index contributed by atoms with van der Waals surface area (Å²) in [6.45, 7) is 0.349. The molecule has 0 radical (unpaired) electrons. The fourth-order valence-corrected chi connectivity index (χ4v) is 4.39. The summed E-state index contributed by atoms with van der Waals surface area (Å²) in [4.78, 5) is 24.3. The Morgan fingerprint density at radius 1 is 0.879 bits per heavy atom. The van der Waals surface area contributed by atoms with E-state index in [1.807, 2.05) is 54.6 Å². The van der Waals surface area contributed by atoms with Gasteiger partial charge in [0.15, 0.2) is 6.61 Å². The van der Waals surface area contributed by atoms with Crippen molar-refractivity contribution < 1.29 is 19.1 Å². The number of fused-ring (bicyclic) bond motifs is 4. The van der Waals surface area contributed by atoms with E-state index in [2.05, 4.69) is 22.8 Å². The number of carbonyl (C=O) groups excluding carboxylic acids is 2. The van der Waals surface area contributed by atoms with Gasteiger partial charge in [-0.2, -0.15) is 0 Å². The molecule has 0 aliphatic rings. The van der Waals surface area contributed by atoms with E-state index in [0.29, 0.717) is 23.2 Å². The third-order valence-corrected chi connectivity index (χ3v) is 5.87. The summed E-state index contributed by atoms with van der Waals surface area (Å²) >= 11 is 0. The van der Waals surface area contributed by atoms with Gasteiger partial charge in [-0.1, -0.05) is 60.7 Å². The maximum Gasteiger partial charge on any atom is 0.343 e. The highest BCUT2D eigenvalue weighted by Gasteiger charge is 2.22. The number of aromatic nitrogens is 1. The molecule has 164 valence electrons. The molecule has 0 atom stereocenters. The van der Waals surface area contributed by atoms with Gasteiger partial charge in [0.1, 0.15) is 5.75 Å². The highest BCUT2D eigenvalue weighted by atomic mass is 16.6. The lowest BCUT2D eigenvalue weighted by molar-refractivity contribution is -0.142. The van der Waals surface area contributed by atoms with E-state index >= 15 is 0 Å². The monoisotopic (exact) mass is 438 g/mol. The number of carbonyl (C=O) groups is 2. The first-order valence-corrected chi connectivity index (χ1v) is 10.6. The quantitative estimate of drug-likeness (QED) is 0.391. The Balaban J connectivity index is 1.90. The largest absolute Gasteiger partial charge is 0.481 e. The fourth-order valence-electron chi connectivity index (χ4n) is 4.39. The van der Waals surface area contributed by atoms with Crippen molar-refractivity contribution in [1.82, 2.24) is 4.57 Å². The zero-order chi connectivity index (χ0) is 22.9. The van der Waals surface area contributed by atoms with Gasteiger partial charge in [0.2, 0.25) is 5.91 Å². The number of hydrogen-bond donors (Lipinski definition) is 1. The minimum atomic E-state index is -0.522. The van der Waals surface area contributed by atoms with Gasteiger partial charge >= 0.3 is 5.97 Å². The summed E-state index contributed by atoms with van der Waals surface area (Å²) in [5.41, 5.74) is 9.05. The van der Waals surface area contributed by atoms with E-state index in [4.69, 9.17) is 15.2 Å². The molecule has 0 aliphatic carbocycles. The number of hydrogen-bond acceptors (Lipinski definition) is 4. The normalized spacial score (nSPS) is 11.2. The van der Waals surface area contributed by atoms with Crippen LogP contribution in [0.15, 0.2) is 78.9 Å². The van der Waals surface area contributed by atoms with Crippen LogP contribution in [0, 0.1) is 0 Å². The smallest absolute Gasteiger partial charge is 0.343 e. The second-order valence-electron chi connectivity index (χ2n) is 7.82. The number of ether oxygens (including phenoxy) is 2. The third-order valence-electron chi connectivity index (χ3n) is 5.87. The van der Waals surface area contributed by atoms with E-state index in [0.717, 1.165) is 32.8 Å². The summed E-state index contributed by atoms with van der Waals surface area (Å²) < 4.78 is 13.0. The molecule has 4 aromatic carbocycles. The molecule has 0 saturated carbocycles. The Bertz CT molecular complexity index is 1520. The number of amides is 1. The SMILES string of the molecule is COC(=O)COc1c2ccccc2cc2c1c1c(C(N)=O)cccc1n2Cc1ccccc1. The number of primary amides is 1. The van der Waals surface area contributed by atoms with Crippen molar-refractivity contribution in [2.24, 2.45) is 5.73 Å². The Hall–Kier alpha value is -4.32. The molecule has 0 aliphatic heterocycles. The van der Waals surface area contributed by atoms with E-state index in [-0.39, 0.29) is 6.61 Å². The number of benzene rings is 4. The molecule has 33 heavy (non-hydrogen) atoms. The van der Waals surface area contributed by atoms with Gasteiger partial charge in [0.05, 0.1) is 23.5 Å². The highest BCUT2D eigenvalue weighted by molar-refractivity contribution is 6.23. The summed E-state index contributed by atoms with van der Waals surface area (Å²) in [5.74, 6) is -0.482. The molecule has 0 saturated heterocycles.